The van der Waals surface area contributed by atoms with Crippen molar-refractivity contribution < 1.29 is 14.6 Å². The lowest BCUT2D eigenvalue weighted by Crippen LogP contribution is -2.51. The molecular formula is C22H35N3O3. The van der Waals surface area contributed by atoms with Gasteiger partial charge in [0.2, 0.25) is 5.91 Å². The average Bonchev–Trinajstić information content (AvgIpc) is 2.99. The van der Waals surface area contributed by atoms with Crippen LogP contribution in [0.3, 0.4) is 0 Å². The van der Waals surface area contributed by atoms with Crippen molar-refractivity contribution >= 4 is 5.91 Å². The Hall–Kier alpha value is -1.63. The average molecular weight is 390 g/mol. The van der Waals surface area contributed by atoms with E-state index in [1.807, 2.05) is 36.1 Å². The fourth-order valence-electron chi connectivity index (χ4n) is 3.92. The number of aliphatic hydroxyl groups excluding tert-OH is 1. The van der Waals surface area contributed by atoms with E-state index in [1.165, 1.54) is 18.4 Å². The number of carbonyl (C=O) groups is 1. The maximum Gasteiger partial charge on any atom is 0.236 e. The van der Waals surface area contributed by atoms with E-state index >= 15 is 0 Å². The maximum atomic E-state index is 12.5. The molecule has 0 spiro atoms. The summed E-state index contributed by atoms with van der Waals surface area (Å²) in [5, 5.41) is 10.3. The molecule has 2 heterocycles. The number of benzene rings is 1. The first-order valence-electron chi connectivity index (χ1n) is 10.7. The van der Waals surface area contributed by atoms with Crippen molar-refractivity contribution in [2.45, 2.75) is 38.7 Å². The fraction of sp³-hybridized carbons (Fsp3) is 0.682. The van der Waals surface area contributed by atoms with Gasteiger partial charge < -0.3 is 14.7 Å². The van der Waals surface area contributed by atoms with E-state index in [0.29, 0.717) is 19.7 Å². The Morgan fingerprint density at radius 3 is 2.21 bits per heavy atom. The van der Waals surface area contributed by atoms with E-state index in [4.69, 9.17) is 4.74 Å². The Morgan fingerprint density at radius 1 is 0.964 bits per heavy atom. The first-order valence-corrected chi connectivity index (χ1v) is 10.7. The predicted octanol–water partition coefficient (Wildman–Crippen LogP) is 1.75. The largest absolute Gasteiger partial charge is 0.491 e. The van der Waals surface area contributed by atoms with Crippen LogP contribution in [0.2, 0.25) is 0 Å². The number of ether oxygens (including phenoxy) is 1. The molecule has 0 bridgehead atoms. The summed E-state index contributed by atoms with van der Waals surface area (Å²) in [5.41, 5.74) is 1.19. The second-order valence-corrected chi connectivity index (χ2v) is 8.15. The van der Waals surface area contributed by atoms with Gasteiger partial charge in [-0.1, -0.05) is 30.5 Å². The molecule has 156 valence electrons. The van der Waals surface area contributed by atoms with Gasteiger partial charge in [-0.2, -0.15) is 0 Å². The molecule has 0 saturated carbocycles. The molecule has 2 fully saturated rings. The zero-order valence-electron chi connectivity index (χ0n) is 17.2. The molecule has 6 heteroatoms. The molecule has 0 aromatic heterocycles. The Labute approximate surface area is 169 Å². The Balaban J connectivity index is 1.33. The third-order valence-electron chi connectivity index (χ3n) is 5.71. The van der Waals surface area contributed by atoms with E-state index in [9.17, 15) is 9.90 Å². The number of amides is 1. The molecule has 1 aromatic carbocycles. The molecular weight excluding hydrogens is 354 g/mol. The minimum absolute atomic E-state index is 0.280. The van der Waals surface area contributed by atoms with Crippen LogP contribution in [0.1, 0.15) is 31.2 Å². The summed E-state index contributed by atoms with van der Waals surface area (Å²) < 4.78 is 5.68. The van der Waals surface area contributed by atoms with Crippen LogP contribution in [0, 0.1) is 6.92 Å². The number of aryl methyl sites for hydroxylation is 1. The quantitative estimate of drug-likeness (QED) is 0.770. The number of β-amino-alcohol motifs (C(OH)–C–C–N with tert-alkyl or cyclic N) is 1. The molecule has 2 aliphatic rings. The third-order valence-corrected chi connectivity index (χ3v) is 5.71. The van der Waals surface area contributed by atoms with Gasteiger partial charge in [0.15, 0.2) is 0 Å². The number of rotatable bonds is 7. The van der Waals surface area contributed by atoms with E-state index < -0.39 is 6.10 Å². The summed E-state index contributed by atoms with van der Waals surface area (Å²) in [6.45, 7) is 8.86. The summed E-state index contributed by atoms with van der Waals surface area (Å²) in [6.07, 6.45) is 4.27. The molecule has 1 amide bonds. The third kappa shape index (κ3) is 6.76. The number of hydrogen-bond donors (Lipinski definition) is 1. The van der Waals surface area contributed by atoms with Crippen molar-refractivity contribution in [2.24, 2.45) is 0 Å². The van der Waals surface area contributed by atoms with Gasteiger partial charge in [0, 0.05) is 45.8 Å². The summed E-state index contributed by atoms with van der Waals surface area (Å²) in [4.78, 5) is 19.1. The molecule has 1 aromatic rings. The van der Waals surface area contributed by atoms with Crippen LogP contribution in [-0.2, 0) is 4.79 Å². The fourth-order valence-corrected chi connectivity index (χ4v) is 3.92. The van der Waals surface area contributed by atoms with Crippen molar-refractivity contribution in [1.29, 1.82) is 0 Å². The van der Waals surface area contributed by atoms with Gasteiger partial charge in [0.05, 0.1) is 6.54 Å². The highest BCUT2D eigenvalue weighted by Gasteiger charge is 2.23. The summed E-state index contributed by atoms with van der Waals surface area (Å²) in [5.74, 6) is 1.07. The zero-order chi connectivity index (χ0) is 19.8. The zero-order valence-corrected chi connectivity index (χ0v) is 17.2. The Kier molecular flexibility index (Phi) is 8.13. The van der Waals surface area contributed by atoms with Crippen molar-refractivity contribution in [3.8, 4) is 5.75 Å². The Morgan fingerprint density at radius 2 is 1.57 bits per heavy atom. The van der Waals surface area contributed by atoms with Crippen molar-refractivity contribution in [3.05, 3.63) is 29.8 Å². The monoisotopic (exact) mass is 389 g/mol. The van der Waals surface area contributed by atoms with Crippen LogP contribution < -0.4 is 4.74 Å². The predicted molar refractivity (Wildman–Crippen MR) is 111 cm³/mol. The smallest absolute Gasteiger partial charge is 0.236 e. The van der Waals surface area contributed by atoms with Crippen LogP contribution >= 0.6 is 0 Å². The summed E-state index contributed by atoms with van der Waals surface area (Å²) in [6, 6.07) is 7.88. The number of likely N-dealkylation sites (tertiary alicyclic amines) is 1. The molecule has 0 radical (unpaired) electrons. The van der Waals surface area contributed by atoms with E-state index in [-0.39, 0.29) is 5.91 Å². The minimum atomic E-state index is -0.508. The van der Waals surface area contributed by atoms with Crippen LogP contribution in [-0.4, -0.2) is 90.8 Å². The molecule has 3 rings (SSSR count). The van der Waals surface area contributed by atoms with Crippen molar-refractivity contribution in [3.63, 3.8) is 0 Å². The van der Waals surface area contributed by atoms with Gasteiger partial charge in [0.25, 0.3) is 0 Å². The highest BCUT2D eigenvalue weighted by atomic mass is 16.5. The van der Waals surface area contributed by atoms with Crippen LogP contribution in [0.4, 0.5) is 0 Å². The first-order chi connectivity index (χ1) is 13.6. The molecule has 6 nitrogen and oxygen atoms in total. The molecule has 0 aliphatic carbocycles. The molecule has 2 saturated heterocycles. The highest BCUT2D eigenvalue weighted by molar-refractivity contribution is 5.78. The molecule has 1 N–H and O–H groups in total. The van der Waals surface area contributed by atoms with Gasteiger partial charge >= 0.3 is 0 Å². The van der Waals surface area contributed by atoms with Gasteiger partial charge in [-0.3, -0.25) is 14.6 Å². The first kappa shape index (κ1) is 21.1. The molecule has 1 unspecified atom stereocenters. The standard InChI is InChI=1S/C22H35N3O3/c1-19-6-8-21(9-7-19)28-18-20(26)16-23-12-14-24(15-13-23)17-22(27)25-10-4-2-3-5-11-25/h6-9,20,26H,2-5,10-18H2,1H3. The van der Waals surface area contributed by atoms with Crippen molar-refractivity contribution in [1.82, 2.24) is 14.7 Å². The van der Waals surface area contributed by atoms with Gasteiger partial charge in [-0.15, -0.1) is 0 Å². The SMILES string of the molecule is Cc1ccc(OCC(O)CN2CCN(CC(=O)N3CCCCCC3)CC2)cc1. The number of hydrogen-bond acceptors (Lipinski definition) is 5. The highest BCUT2D eigenvalue weighted by Crippen LogP contribution is 2.13. The number of piperazine rings is 1. The topological polar surface area (TPSA) is 56.3 Å². The van der Waals surface area contributed by atoms with Crippen molar-refractivity contribution in [2.75, 3.05) is 59.0 Å². The van der Waals surface area contributed by atoms with Crippen LogP contribution in [0.5, 0.6) is 5.75 Å². The lowest BCUT2D eigenvalue weighted by Gasteiger charge is -2.36. The summed E-state index contributed by atoms with van der Waals surface area (Å²) >= 11 is 0. The minimum Gasteiger partial charge on any atom is -0.491 e. The van der Waals surface area contributed by atoms with E-state index in [1.54, 1.807) is 0 Å². The lowest BCUT2D eigenvalue weighted by molar-refractivity contribution is -0.132. The molecule has 2 aliphatic heterocycles. The lowest BCUT2D eigenvalue weighted by atomic mass is 10.2. The van der Waals surface area contributed by atoms with Crippen LogP contribution in [0.25, 0.3) is 0 Å². The number of nitrogens with zero attached hydrogens (tertiary/aromatic N) is 3. The van der Waals surface area contributed by atoms with Gasteiger partial charge in [-0.25, -0.2) is 0 Å². The normalized spacial score (nSPS) is 20.6. The maximum absolute atomic E-state index is 12.5. The second-order valence-electron chi connectivity index (χ2n) is 8.15. The number of carbonyl (C=O) groups excluding carboxylic acids is 1. The van der Waals surface area contributed by atoms with E-state index in [2.05, 4.69) is 9.80 Å². The number of aliphatic hydroxyl groups is 1. The molecule has 28 heavy (non-hydrogen) atoms. The van der Waals surface area contributed by atoms with Gasteiger partial charge in [0.1, 0.15) is 18.5 Å². The molecule has 1 atom stereocenters. The van der Waals surface area contributed by atoms with Gasteiger partial charge in [-0.05, 0) is 31.9 Å². The van der Waals surface area contributed by atoms with E-state index in [0.717, 1.165) is 57.9 Å². The second kappa shape index (κ2) is 10.8. The van der Waals surface area contributed by atoms with Crippen LogP contribution in [0.15, 0.2) is 24.3 Å². The Bertz CT molecular complexity index is 592. The summed E-state index contributed by atoms with van der Waals surface area (Å²) in [7, 11) is 0.